The molecule has 0 bridgehead atoms. The number of nitrogens with one attached hydrogen (secondary N) is 1. The van der Waals surface area contributed by atoms with E-state index >= 15 is 0 Å². The van der Waals surface area contributed by atoms with Crippen molar-refractivity contribution < 1.29 is 0 Å². The van der Waals surface area contributed by atoms with Gasteiger partial charge in [0.05, 0.1) is 0 Å². The second-order valence-electron chi connectivity index (χ2n) is 5.57. The Morgan fingerprint density at radius 2 is 2.28 bits per heavy atom. The molecule has 0 radical (unpaired) electrons. The standard InChI is InChI=1S/C15H24BrNS/c1-4-8-17-14(12-7-5-6-10(12)2)15-13(16)9-11(3)18-15/h9-10,12,14,17H,4-8H2,1-3H3. The van der Waals surface area contributed by atoms with E-state index in [1.165, 1.54) is 39.9 Å². The van der Waals surface area contributed by atoms with Gasteiger partial charge in [-0.3, -0.25) is 0 Å². The van der Waals surface area contributed by atoms with Crippen molar-refractivity contribution in [2.75, 3.05) is 6.54 Å². The molecule has 3 atom stereocenters. The molecule has 1 nitrogen and oxygen atoms in total. The molecular formula is C15H24BrNS. The van der Waals surface area contributed by atoms with E-state index < -0.39 is 0 Å². The van der Waals surface area contributed by atoms with E-state index in [4.69, 9.17) is 0 Å². The zero-order valence-electron chi connectivity index (χ0n) is 11.6. The van der Waals surface area contributed by atoms with Crippen LogP contribution in [0.4, 0.5) is 0 Å². The van der Waals surface area contributed by atoms with Gasteiger partial charge < -0.3 is 5.32 Å². The highest BCUT2D eigenvalue weighted by Gasteiger charge is 2.33. The lowest BCUT2D eigenvalue weighted by molar-refractivity contribution is 0.305. The van der Waals surface area contributed by atoms with E-state index in [0.717, 1.165) is 18.4 Å². The van der Waals surface area contributed by atoms with Crippen LogP contribution in [0.2, 0.25) is 0 Å². The van der Waals surface area contributed by atoms with Crippen LogP contribution >= 0.6 is 27.3 Å². The van der Waals surface area contributed by atoms with E-state index in [1.807, 2.05) is 11.3 Å². The van der Waals surface area contributed by atoms with Gasteiger partial charge in [0.2, 0.25) is 0 Å². The van der Waals surface area contributed by atoms with Gasteiger partial charge in [0.25, 0.3) is 0 Å². The Balaban J connectivity index is 2.21. The number of thiophene rings is 1. The number of aryl methyl sites for hydroxylation is 1. The lowest BCUT2D eigenvalue weighted by Gasteiger charge is -2.27. The van der Waals surface area contributed by atoms with Crippen LogP contribution in [0.3, 0.4) is 0 Å². The summed E-state index contributed by atoms with van der Waals surface area (Å²) in [6.07, 6.45) is 5.39. The predicted molar refractivity (Wildman–Crippen MR) is 84.3 cm³/mol. The minimum absolute atomic E-state index is 0.551. The zero-order chi connectivity index (χ0) is 13.1. The van der Waals surface area contributed by atoms with Crippen molar-refractivity contribution in [3.8, 4) is 0 Å². The molecule has 18 heavy (non-hydrogen) atoms. The summed E-state index contributed by atoms with van der Waals surface area (Å²) in [5, 5.41) is 3.79. The maximum atomic E-state index is 3.79. The monoisotopic (exact) mass is 329 g/mol. The highest BCUT2D eigenvalue weighted by molar-refractivity contribution is 9.10. The molecule has 1 N–H and O–H groups in total. The molecule has 1 aromatic heterocycles. The fourth-order valence-corrected chi connectivity index (χ4v) is 5.17. The third kappa shape index (κ3) is 3.17. The summed E-state index contributed by atoms with van der Waals surface area (Å²) in [5.41, 5.74) is 0. The van der Waals surface area contributed by atoms with Gasteiger partial charge in [-0.1, -0.05) is 26.7 Å². The Morgan fingerprint density at radius 3 is 2.78 bits per heavy atom. The summed E-state index contributed by atoms with van der Waals surface area (Å²) >= 11 is 5.70. The van der Waals surface area contributed by atoms with E-state index in [2.05, 4.69) is 48.1 Å². The van der Waals surface area contributed by atoms with Crippen LogP contribution in [-0.2, 0) is 0 Å². The van der Waals surface area contributed by atoms with Gasteiger partial charge >= 0.3 is 0 Å². The van der Waals surface area contributed by atoms with Gasteiger partial charge in [-0.05, 0) is 60.1 Å². The summed E-state index contributed by atoms with van der Waals surface area (Å²) in [6.45, 7) is 7.99. The van der Waals surface area contributed by atoms with Crippen molar-refractivity contribution in [2.24, 2.45) is 11.8 Å². The molecule has 3 heteroatoms. The molecule has 1 aliphatic carbocycles. The molecule has 1 saturated carbocycles. The molecule has 0 amide bonds. The first kappa shape index (κ1) is 14.5. The van der Waals surface area contributed by atoms with E-state index in [0.29, 0.717) is 6.04 Å². The number of hydrogen-bond acceptors (Lipinski definition) is 2. The Bertz CT molecular complexity index is 388. The van der Waals surface area contributed by atoms with Crippen LogP contribution in [0.5, 0.6) is 0 Å². The molecule has 1 heterocycles. The van der Waals surface area contributed by atoms with Crippen LogP contribution in [0.1, 0.15) is 55.3 Å². The minimum Gasteiger partial charge on any atom is -0.309 e. The lowest BCUT2D eigenvalue weighted by Crippen LogP contribution is -2.30. The van der Waals surface area contributed by atoms with Gasteiger partial charge in [-0.15, -0.1) is 11.3 Å². The second-order valence-corrected chi connectivity index (χ2v) is 7.72. The SMILES string of the molecule is CCCNC(c1sc(C)cc1Br)C1CCCC1C. The Hall–Kier alpha value is 0.140. The molecule has 0 aromatic carbocycles. The fraction of sp³-hybridized carbons (Fsp3) is 0.733. The molecule has 1 aliphatic rings. The van der Waals surface area contributed by atoms with Crippen LogP contribution in [0.25, 0.3) is 0 Å². The third-order valence-electron chi connectivity index (χ3n) is 4.09. The largest absolute Gasteiger partial charge is 0.309 e. The van der Waals surface area contributed by atoms with Gasteiger partial charge in [-0.2, -0.15) is 0 Å². The average Bonchev–Trinajstić information content (AvgIpc) is 2.87. The van der Waals surface area contributed by atoms with E-state index in [1.54, 1.807) is 0 Å². The normalized spacial score (nSPS) is 25.6. The quantitative estimate of drug-likeness (QED) is 0.773. The summed E-state index contributed by atoms with van der Waals surface area (Å²) < 4.78 is 1.30. The molecule has 0 saturated heterocycles. The highest BCUT2D eigenvalue weighted by atomic mass is 79.9. The summed E-state index contributed by atoms with van der Waals surface area (Å²) in [7, 11) is 0. The number of hydrogen-bond donors (Lipinski definition) is 1. The maximum Gasteiger partial charge on any atom is 0.0457 e. The molecule has 3 unspecified atom stereocenters. The highest BCUT2D eigenvalue weighted by Crippen LogP contribution is 2.44. The molecule has 102 valence electrons. The number of halogens is 1. The molecule has 1 aromatic rings. The molecule has 0 aliphatic heterocycles. The second kappa shape index (κ2) is 6.53. The van der Waals surface area contributed by atoms with Gasteiger partial charge in [0.15, 0.2) is 0 Å². The van der Waals surface area contributed by atoms with Crippen molar-refractivity contribution in [1.82, 2.24) is 5.32 Å². The van der Waals surface area contributed by atoms with Gasteiger partial charge in [0.1, 0.15) is 0 Å². The lowest BCUT2D eigenvalue weighted by atomic mass is 9.89. The van der Waals surface area contributed by atoms with Crippen LogP contribution in [0, 0.1) is 18.8 Å². The maximum absolute atomic E-state index is 3.79. The first-order chi connectivity index (χ1) is 8.63. The first-order valence-corrected chi connectivity index (χ1v) is 8.73. The Morgan fingerprint density at radius 1 is 1.50 bits per heavy atom. The van der Waals surface area contributed by atoms with E-state index in [-0.39, 0.29) is 0 Å². The molecule has 2 rings (SSSR count). The van der Waals surface area contributed by atoms with E-state index in [9.17, 15) is 0 Å². The fourth-order valence-electron chi connectivity index (χ4n) is 3.12. The predicted octanol–water partition coefficient (Wildman–Crippen LogP) is 5.30. The molecule has 0 spiro atoms. The van der Waals surface area contributed by atoms with Crippen molar-refractivity contribution in [2.45, 2.75) is 52.5 Å². The first-order valence-electron chi connectivity index (χ1n) is 7.12. The van der Waals surface area contributed by atoms with Crippen molar-refractivity contribution in [3.05, 3.63) is 20.3 Å². The third-order valence-corrected chi connectivity index (χ3v) is 6.14. The van der Waals surface area contributed by atoms with Crippen LogP contribution in [-0.4, -0.2) is 6.54 Å². The van der Waals surface area contributed by atoms with Crippen LogP contribution < -0.4 is 5.32 Å². The van der Waals surface area contributed by atoms with Crippen molar-refractivity contribution >= 4 is 27.3 Å². The smallest absolute Gasteiger partial charge is 0.0457 e. The Kier molecular flexibility index (Phi) is 5.28. The Labute approximate surface area is 123 Å². The van der Waals surface area contributed by atoms with Crippen molar-refractivity contribution in [3.63, 3.8) is 0 Å². The molecule has 1 fully saturated rings. The van der Waals surface area contributed by atoms with Crippen LogP contribution in [0.15, 0.2) is 10.5 Å². The minimum atomic E-state index is 0.551. The summed E-state index contributed by atoms with van der Waals surface area (Å²) in [4.78, 5) is 2.92. The molecular weight excluding hydrogens is 306 g/mol. The van der Waals surface area contributed by atoms with Crippen molar-refractivity contribution in [1.29, 1.82) is 0 Å². The zero-order valence-corrected chi connectivity index (χ0v) is 14.0. The summed E-state index contributed by atoms with van der Waals surface area (Å²) in [6, 6.07) is 2.82. The van der Waals surface area contributed by atoms with Gasteiger partial charge in [-0.25, -0.2) is 0 Å². The topological polar surface area (TPSA) is 12.0 Å². The average molecular weight is 330 g/mol. The summed E-state index contributed by atoms with van der Waals surface area (Å²) in [5.74, 6) is 1.67. The van der Waals surface area contributed by atoms with Gasteiger partial charge in [0, 0.05) is 20.3 Å². The number of rotatable bonds is 5.